The highest BCUT2D eigenvalue weighted by molar-refractivity contribution is 9.10. The third kappa shape index (κ3) is 5.83. The monoisotopic (exact) mass is 489 g/mol. The average Bonchev–Trinajstić information content (AvgIpc) is 2.74. The minimum Gasteiger partial charge on any atom is -0.496 e. The number of hydrogen-bond donors (Lipinski definition) is 2. The fourth-order valence-corrected chi connectivity index (χ4v) is 4.66. The molecule has 7 nitrogen and oxygen atoms in total. The highest BCUT2D eigenvalue weighted by atomic mass is 79.9. The van der Waals surface area contributed by atoms with Crippen LogP contribution in [0.15, 0.2) is 34.8 Å². The molecule has 0 atom stereocenters. The Bertz CT molecular complexity index is 972. The Kier molecular flexibility index (Phi) is 7.67. The normalized spacial score (nSPS) is 18.5. The third-order valence-electron chi connectivity index (χ3n) is 5.95. The summed E-state index contributed by atoms with van der Waals surface area (Å²) < 4.78 is 6.03. The van der Waals surface area contributed by atoms with Crippen molar-refractivity contribution in [2.45, 2.75) is 52.1 Å². The summed E-state index contributed by atoms with van der Waals surface area (Å²) in [6, 6.07) is 9.34. The number of ether oxygens (including phenoxy) is 1. The number of halogens is 1. The summed E-state index contributed by atoms with van der Waals surface area (Å²) in [5.74, 6) is 0.751. The number of amides is 1. The van der Waals surface area contributed by atoms with Crippen LogP contribution in [-0.4, -0.2) is 24.0 Å². The second-order valence-corrected chi connectivity index (χ2v) is 9.00. The molecule has 0 aromatic heterocycles. The van der Waals surface area contributed by atoms with E-state index < -0.39 is 0 Å². The minimum absolute atomic E-state index is 0.0312. The van der Waals surface area contributed by atoms with Crippen molar-refractivity contribution >= 4 is 33.2 Å². The number of nitro groups is 1. The van der Waals surface area contributed by atoms with Gasteiger partial charge in [0.25, 0.3) is 5.69 Å². The van der Waals surface area contributed by atoms with Gasteiger partial charge in [-0.15, -0.1) is 0 Å². The summed E-state index contributed by atoms with van der Waals surface area (Å²) in [6.07, 6.45) is 3.29. The van der Waals surface area contributed by atoms with Gasteiger partial charge in [-0.25, -0.2) is 0 Å². The molecule has 0 saturated heterocycles. The first kappa shape index (κ1) is 23.2. The molecule has 2 aromatic rings. The number of hydrogen-bond acceptors (Lipinski definition) is 5. The maximum atomic E-state index is 12.7. The van der Waals surface area contributed by atoms with Crippen molar-refractivity contribution in [3.8, 4) is 5.75 Å². The van der Waals surface area contributed by atoms with Crippen LogP contribution in [0.5, 0.6) is 5.75 Å². The molecular weight excluding hydrogens is 462 g/mol. The van der Waals surface area contributed by atoms with Gasteiger partial charge in [0.2, 0.25) is 5.91 Å². The van der Waals surface area contributed by atoms with Gasteiger partial charge in [0.1, 0.15) is 5.75 Å². The van der Waals surface area contributed by atoms with E-state index in [1.54, 1.807) is 13.2 Å². The predicted octanol–water partition coefficient (Wildman–Crippen LogP) is 5.27. The fraction of sp³-hybridized carbons (Fsp3) is 0.435. The summed E-state index contributed by atoms with van der Waals surface area (Å²) in [4.78, 5) is 23.8. The highest BCUT2D eigenvalue weighted by Gasteiger charge is 2.27. The van der Waals surface area contributed by atoms with E-state index >= 15 is 0 Å². The number of benzene rings is 2. The van der Waals surface area contributed by atoms with Crippen molar-refractivity contribution in [3.63, 3.8) is 0 Å². The molecule has 1 amide bonds. The van der Waals surface area contributed by atoms with Crippen molar-refractivity contribution < 1.29 is 14.5 Å². The lowest BCUT2D eigenvalue weighted by molar-refractivity contribution is -0.385. The molecule has 0 bridgehead atoms. The first-order valence-electron chi connectivity index (χ1n) is 10.4. The van der Waals surface area contributed by atoms with Crippen LogP contribution in [0.3, 0.4) is 0 Å². The number of anilines is 1. The lowest BCUT2D eigenvalue weighted by Gasteiger charge is -2.28. The molecule has 8 heteroatoms. The number of rotatable bonds is 7. The second kappa shape index (κ2) is 10.2. The molecule has 2 aromatic carbocycles. The molecule has 1 aliphatic rings. The first-order chi connectivity index (χ1) is 14.8. The standard InChI is InChI=1S/C23H28BrN3O4/c1-14-4-7-19(12-22(14)31-3)26-23(28)16-5-8-18(9-6-16)25-13-20-15(2)10-17(24)11-21(20)27(29)30/h4,7,10-12,16,18,25H,5-6,8-9,13H2,1-3H3,(H,26,28). The Hall–Kier alpha value is -2.45. The number of carbonyl (C=O) groups is 1. The zero-order chi connectivity index (χ0) is 22.5. The maximum Gasteiger partial charge on any atom is 0.275 e. The van der Waals surface area contributed by atoms with E-state index in [-0.39, 0.29) is 28.5 Å². The van der Waals surface area contributed by atoms with Gasteiger partial charge < -0.3 is 15.4 Å². The van der Waals surface area contributed by atoms with Crippen molar-refractivity contribution in [2.24, 2.45) is 5.92 Å². The number of carbonyl (C=O) groups excluding carboxylic acids is 1. The van der Waals surface area contributed by atoms with Crippen LogP contribution >= 0.6 is 15.9 Å². The topological polar surface area (TPSA) is 93.5 Å². The van der Waals surface area contributed by atoms with Gasteiger partial charge in [-0.2, -0.15) is 0 Å². The third-order valence-corrected chi connectivity index (χ3v) is 6.41. The van der Waals surface area contributed by atoms with Crippen molar-refractivity contribution in [3.05, 3.63) is 61.6 Å². The SMILES string of the molecule is COc1cc(NC(=O)C2CCC(NCc3c(C)cc(Br)cc3[N+](=O)[O-])CC2)ccc1C. The van der Waals surface area contributed by atoms with Crippen molar-refractivity contribution in [2.75, 3.05) is 12.4 Å². The van der Waals surface area contributed by atoms with Crippen LogP contribution in [0.1, 0.15) is 42.4 Å². The molecular formula is C23H28BrN3O4. The molecule has 1 aliphatic carbocycles. The molecule has 2 N–H and O–H groups in total. The lowest BCUT2D eigenvalue weighted by Crippen LogP contribution is -2.36. The van der Waals surface area contributed by atoms with Crippen LogP contribution in [0, 0.1) is 29.9 Å². The molecule has 1 fully saturated rings. The Balaban J connectivity index is 1.53. The predicted molar refractivity (Wildman–Crippen MR) is 124 cm³/mol. The molecule has 0 aliphatic heterocycles. The van der Waals surface area contributed by atoms with E-state index in [0.29, 0.717) is 16.6 Å². The Morgan fingerprint density at radius 3 is 2.52 bits per heavy atom. The Labute approximate surface area is 190 Å². The smallest absolute Gasteiger partial charge is 0.275 e. The van der Waals surface area contributed by atoms with Crippen LogP contribution < -0.4 is 15.4 Å². The first-order valence-corrected chi connectivity index (χ1v) is 11.2. The van der Waals surface area contributed by atoms with Gasteiger partial charge in [-0.1, -0.05) is 22.0 Å². The van der Waals surface area contributed by atoms with Gasteiger partial charge in [0.05, 0.1) is 12.0 Å². The van der Waals surface area contributed by atoms with Crippen LogP contribution in [-0.2, 0) is 11.3 Å². The quantitative estimate of drug-likeness (QED) is 0.408. The van der Waals surface area contributed by atoms with E-state index in [9.17, 15) is 14.9 Å². The molecule has 0 heterocycles. The van der Waals surface area contributed by atoms with E-state index in [4.69, 9.17) is 4.74 Å². The van der Waals surface area contributed by atoms with Gasteiger partial charge in [-0.05, 0) is 62.8 Å². The molecule has 1 saturated carbocycles. The zero-order valence-corrected chi connectivity index (χ0v) is 19.6. The molecule has 166 valence electrons. The van der Waals surface area contributed by atoms with Crippen LogP contribution in [0.4, 0.5) is 11.4 Å². The fourth-order valence-electron chi connectivity index (χ4n) is 4.10. The summed E-state index contributed by atoms with van der Waals surface area (Å²) in [7, 11) is 1.62. The number of nitrogens with one attached hydrogen (secondary N) is 2. The van der Waals surface area contributed by atoms with E-state index in [0.717, 1.165) is 48.2 Å². The van der Waals surface area contributed by atoms with Crippen LogP contribution in [0.2, 0.25) is 0 Å². The zero-order valence-electron chi connectivity index (χ0n) is 18.0. The van der Waals surface area contributed by atoms with E-state index in [1.165, 1.54) is 0 Å². The minimum atomic E-state index is -0.337. The Morgan fingerprint density at radius 2 is 1.87 bits per heavy atom. The number of methoxy groups -OCH3 is 1. The maximum absolute atomic E-state index is 12.7. The van der Waals surface area contributed by atoms with Crippen molar-refractivity contribution in [1.29, 1.82) is 0 Å². The second-order valence-electron chi connectivity index (χ2n) is 8.08. The molecule has 0 radical (unpaired) electrons. The van der Waals surface area contributed by atoms with Gasteiger partial charge in [0.15, 0.2) is 0 Å². The number of aryl methyl sites for hydroxylation is 2. The van der Waals surface area contributed by atoms with Gasteiger partial charge in [0, 0.05) is 46.4 Å². The number of nitrogens with zero attached hydrogens (tertiary/aromatic N) is 1. The summed E-state index contributed by atoms with van der Waals surface area (Å²) >= 11 is 3.33. The summed E-state index contributed by atoms with van der Waals surface area (Å²) in [6.45, 7) is 4.29. The lowest BCUT2D eigenvalue weighted by atomic mass is 9.85. The molecule has 0 unspecified atom stereocenters. The van der Waals surface area contributed by atoms with E-state index in [2.05, 4.69) is 26.6 Å². The Morgan fingerprint density at radius 1 is 1.16 bits per heavy atom. The average molecular weight is 490 g/mol. The van der Waals surface area contributed by atoms with Gasteiger partial charge in [-0.3, -0.25) is 14.9 Å². The largest absolute Gasteiger partial charge is 0.496 e. The molecule has 3 rings (SSSR count). The summed E-state index contributed by atoms with van der Waals surface area (Å²) in [5.41, 5.74) is 3.48. The molecule has 0 spiro atoms. The molecule has 31 heavy (non-hydrogen) atoms. The van der Waals surface area contributed by atoms with E-state index in [1.807, 2.05) is 38.1 Å². The highest BCUT2D eigenvalue weighted by Crippen LogP contribution is 2.30. The number of nitro benzene ring substituents is 1. The summed E-state index contributed by atoms with van der Waals surface area (Å²) in [5, 5.41) is 17.9. The van der Waals surface area contributed by atoms with Crippen LogP contribution in [0.25, 0.3) is 0 Å². The van der Waals surface area contributed by atoms with Gasteiger partial charge >= 0.3 is 0 Å². The van der Waals surface area contributed by atoms with Crippen molar-refractivity contribution in [1.82, 2.24) is 5.32 Å².